The fourth-order valence-electron chi connectivity index (χ4n) is 4.40. The smallest absolute Gasteiger partial charge is 0.408 e. The minimum atomic E-state index is -0.926. The number of nitrogens with one attached hydrogen (secondary N) is 4. The van der Waals surface area contributed by atoms with E-state index < -0.39 is 29.7 Å². The maximum atomic E-state index is 13.2. The summed E-state index contributed by atoms with van der Waals surface area (Å²) in [6, 6.07) is -2.21. The summed E-state index contributed by atoms with van der Waals surface area (Å²) in [5.41, 5.74) is -0.699. The monoisotopic (exact) mass is 630 g/mol. The van der Waals surface area contributed by atoms with E-state index in [1.165, 1.54) is 0 Å². The molecule has 0 aliphatic rings. The predicted octanol–water partition coefficient (Wildman–Crippen LogP) is 3.99. The van der Waals surface area contributed by atoms with Gasteiger partial charge < -0.3 is 36.2 Å². The van der Waals surface area contributed by atoms with Gasteiger partial charge in [-0.1, -0.05) is 55.4 Å². The summed E-state index contributed by atoms with van der Waals surface area (Å²) in [4.78, 5) is 62.7. The molecule has 6 N–H and O–H groups in total. The summed E-state index contributed by atoms with van der Waals surface area (Å²) in [6.45, 7) is 20.8. The Balaban J connectivity index is 0. The van der Waals surface area contributed by atoms with Crippen LogP contribution in [-0.2, 0) is 23.9 Å². The number of ether oxygens (including phenoxy) is 1. The number of carboxylic acids is 1. The normalized spacial score (nSPS) is 14.2. The second kappa shape index (κ2) is 21.8. The zero-order valence-electron chi connectivity index (χ0n) is 29.2. The Morgan fingerprint density at radius 2 is 1.02 bits per heavy atom. The number of alkyl carbamates (subject to hydrolysis) is 1. The van der Waals surface area contributed by atoms with Crippen molar-refractivity contribution in [2.45, 2.75) is 144 Å². The van der Waals surface area contributed by atoms with Crippen LogP contribution in [0.15, 0.2) is 0 Å². The highest BCUT2D eigenvalue weighted by molar-refractivity contribution is 5.88. The Morgan fingerprint density at radius 3 is 1.36 bits per heavy atom. The van der Waals surface area contributed by atoms with Gasteiger partial charge in [0.25, 0.3) is 0 Å². The number of carbonyl (C=O) groups excluding carboxylic acids is 4. The van der Waals surface area contributed by atoms with Crippen molar-refractivity contribution in [3.05, 3.63) is 0 Å². The van der Waals surface area contributed by atoms with Gasteiger partial charge in [-0.2, -0.15) is 0 Å². The maximum absolute atomic E-state index is 13.2. The highest BCUT2D eigenvalue weighted by Gasteiger charge is 2.29. The van der Waals surface area contributed by atoms with Crippen LogP contribution in [0.2, 0.25) is 0 Å². The molecule has 0 aromatic carbocycles. The topological polar surface area (TPSA) is 183 Å². The molecule has 0 heterocycles. The van der Waals surface area contributed by atoms with Gasteiger partial charge in [-0.15, -0.1) is 0 Å². The van der Waals surface area contributed by atoms with Gasteiger partial charge in [0.15, 0.2) is 0 Å². The Hall–Kier alpha value is -2.89. The van der Waals surface area contributed by atoms with Crippen LogP contribution in [0.4, 0.5) is 4.79 Å². The van der Waals surface area contributed by atoms with E-state index in [0.717, 1.165) is 7.11 Å². The van der Waals surface area contributed by atoms with E-state index in [2.05, 4.69) is 21.3 Å². The average Bonchev–Trinajstić information content (AvgIpc) is 2.86. The Morgan fingerprint density at radius 1 is 0.636 bits per heavy atom. The van der Waals surface area contributed by atoms with Gasteiger partial charge in [-0.25, -0.2) is 4.79 Å². The number of rotatable bonds is 18. The van der Waals surface area contributed by atoms with Crippen LogP contribution in [-0.4, -0.2) is 76.9 Å². The molecule has 0 saturated heterocycles. The van der Waals surface area contributed by atoms with Crippen LogP contribution >= 0.6 is 0 Å². The highest BCUT2D eigenvalue weighted by atomic mass is 16.6. The van der Waals surface area contributed by atoms with Crippen molar-refractivity contribution in [3.8, 4) is 0 Å². The van der Waals surface area contributed by atoms with Gasteiger partial charge in [0.2, 0.25) is 17.7 Å². The number of carboxylic acid groups (broad SMARTS) is 1. The summed E-state index contributed by atoms with van der Waals surface area (Å²) >= 11 is 0. The molecule has 4 atom stereocenters. The molecule has 0 aromatic rings. The van der Waals surface area contributed by atoms with E-state index in [0.29, 0.717) is 25.7 Å². The molecule has 44 heavy (non-hydrogen) atoms. The Kier molecular flexibility index (Phi) is 21.4. The summed E-state index contributed by atoms with van der Waals surface area (Å²) in [5, 5.41) is 27.5. The van der Waals surface area contributed by atoms with Gasteiger partial charge in [-0.05, 0) is 70.1 Å². The van der Waals surface area contributed by atoms with Gasteiger partial charge in [-0.3, -0.25) is 19.2 Å². The molecule has 12 heteroatoms. The van der Waals surface area contributed by atoms with Crippen molar-refractivity contribution in [1.29, 1.82) is 0 Å². The average molecular weight is 631 g/mol. The van der Waals surface area contributed by atoms with Gasteiger partial charge in [0.1, 0.15) is 17.7 Å². The second-order valence-corrected chi connectivity index (χ2v) is 13.8. The van der Waals surface area contributed by atoms with Crippen molar-refractivity contribution < 1.29 is 38.9 Å². The predicted molar refractivity (Wildman–Crippen MR) is 172 cm³/mol. The van der Waals surface area contributed by atoms with Crippen molar-refractivity contribution in [2.75, 3.05) is 7.11 Å². The molecule has 0 saturated carbocycles. The maximum Gasteiger partial charge on any atom is 0.408 e. The lowest BCUT2D eigenvalue weighted by atomic mass is 9.96. The summed E-state index contributed by atoms with van der Waals surface area (Å²) < 4.78 is 5.33. The minimum Gasteiger partial charge on any atom is -0.481 e. The first-order valence-corrected chi connectivity index (χ1v) is 15.8. The second-order valence-electron chi connectivity index (χ2n) is 13.8. The molecule has 12 nitrogen and oxygen atoms in total. The van der Waals surface area contributed by atoms with E-state index in [4.69, 9.17) is 14.9 Å². The molecule has 0 unspecified atom stereocenters. The summed E-state index contributed by atoms with van der Waals surface area (Å²) in [5.74, 6) is -1.59. The number of aliphatic carboxylic acids is 1. The SMILES string of the molecule is CC(C)C[C@H](NC(=O)CC[C@@H](NC(=O)[C@H](CC(C)C)NC(=O)OC(C)(C)C)C(C)C)C(=O)N[C@H](CCC(=O)O)C(C)C.CO. The molecule has 0 aliphatic carbocycles. The number of aliphatic hydroxyl groups excluding tert-OH is 1. The fourth-order valence-corrected chi connectivity index (χ4v) is 4.40. The minimum absolute atomic E-state index is 0.0128. The van der Waals surface area contributed by atoms with Gasteiger partial charge in [0.05, 0.1) is 0 Å². The van der Waals surface area contributed by atoms with Crippen LogP contribution in [0.3, 0.4) is 0 Å². The largest absolute Gasteiger partial charge is 0.481 e. The zero-order chi connectivity index (χ0) is 34.8. The molecule has 0 rings (SSSR count). The molecule has 0 spiro atoms. The third kappa shape index (κ3) is 20.9. The first kappa shape index (κ1) is 43.2. The van der Waals surface area contributed by atoms with Crippen LogP contribution in [0.5, 0.6) is 0 Å². The molecule has 0 fully saturated rings. The lowest BCUT2D eigenvalue weighted by Gasteiger charge is -2.28. The number of amides is 4. The van der Waals surface area contributed by atoms with Gasteiger partial charge in [0, 0.05) is 32.0 Å². The quantitative estimate of drug-likeness (QED) is 0.131. The van der Waals surface area contributed by atoms with Crippen LogP contribution in [0, 0.1) is 23.7 Å². The van der Waals surface area contributed by atoms with Crippen molar-refractivity contribution in [3.63, 3.8) is 0 Å². The molecule has 0 radical (unpaired) electrons. The van der Waals surface area contributed by atoms with Gasteiger partial charge >= 0.3 is 12.1 Å². The molecular formula is C32H62N4O8. The van der Waals surface area contributed by atoms with Crippen LogP contribution < -0.4 is 21.3 Å². The fraction of sp³-hybridized carbons (Fsp3) is 0.844. The van der Waals surface area contributed by atoms with Crippen molar-refractivity contribution in [2.24, 2.45) is 23.7 Å². The number of hydrogen-bond donors (Lipinski definition) is 6. The lowest BCUT2D eigenvalue weighted by molar-refractivity contribution is -0.137. The Bertz CT molecular complexity index is 884. The van der Waals surface area contributed by atoms with E-state index in [1.807, 2.05) is 55.4 Å². The molecule has 0 aliphatic heterocycles. The van der Waals surface area contributed by atoms with E-state index in [-0.39, 0.29) is 66.3 Å². The third-order valence-corrected chi connectivity index (χ3v) is 6.69. The summed E-state index contributed by atoms with van der Waals surface area (Å²) in [7, 11) is 1.00. The van der Waals surface area contributed by atoms with Crippen LogP contribution in [0.25, 0.3) is 0 Å². The number of carbonyl (C=O) groups is 5. The van der Waals surface area contributed by atoms with E-state index >= 15 is 0 Å². The van der Waals surface area contributed by atoms with E-state index in [9.17, 15) is 24.0 Å². The summed E-state index contributed by atoms with van der Waals surface area (Å²) in [6.07, 6.45) is 0.868. The molecule has 258 valence electrons. The zero-order valence-corrected chi connectivity index (χ0v) is 29.2. The molecular weight excluding hydrogens is 568 g/mol. The first-order valence-electron chi connectivity index (χ1n) is 15.8. The molecule has 4 amide bonds. The standard InChI is InChI=1S/C31H58N4O7.CH4O/c1-18(2)16-24(28(39)34-23(21(7)8)13-15-27(37)38)32-26(36)14-12-22(20(5)6)33-29(40)25(17-19(3)4)35-30(41)42-31(9,10)11;1-2/h18-25H,12-17H2,1-11H3,(H,32,36)(H,33,40)(H,34,39)(H,35,41)(H,37,38);2H,1H3/t22-,23-,24+,25+;/m1./s1. The first-order chi connectivity index (χ1) is 20.2. The molecule has 0 bridgehead atoms. The lowest BCUT2D eigenvalue weighted by Crippen LogP contribution is -2.53. The van der Waals surface area contributed by atoms with Crippen molar-refractivity contribution in [1.82, 2.24) is 21.3 Å². The highest BCUT2D eigenvalue weighted by Crippen LogP contribution is 2.15. The Labute approximate surface area is 265 Å². The molecule has 0 aromatic heterocycles. The van der Waals surface area contributed by atoms with Crippen molar-refractivity contribution >= 4 is 29.8 Å². The number of aliphatic hydroxyl groups is 1. The number of hydrogen-bond acceptors (Lipinski definition) is 7. The van der Waals surface area contributed by atoms with Crippen LogP contribution in [0.1, 0.15) is 115 Å². The third-order valence-electron chi connectivity index (χ3n) is 6.69. The van der Waals surface area contributed by atoms with E-state index in [1.54, 1.807) is 20.8 Å².